The van der Waals surface area contributed by atoms with E-state index in [-0.39, 0.29) is 31.4 Å². The molecule has 148 valence electrons. The molecule has 3 rings (SSSR count). The van der Waals surface area contributed by atoms with Crippen LogP contribution in [0.2, 0.25) is 0 Å². The minimum atomic E-state index is -2.81. The Morgan fingerprint density at radius 3 is 2.56 bits per heavy atom. The van der Waals surface area contributed by atoms with Crippen LogP contribution >= 0.6 is 24.8 Å². The SMILES string of the molecule is Cl.Cl.O=C(NCc1ccc(OCc2ccccn2)cc1)C1CC(F)(F)CN1. The van der Waals surface area contributed by atoms with Crippen LogP contribution < -0.4 is 15.4 Å². The van der Waals surface area contributed by atoms with Crippen LogP contribution in [-0.2, 0) is 17.9 Å². The molecule has 5 nitrogen and oxygen atoms in total. The largest absolute Gasteiger partial charge is 0.487 e. The van der Waals surface area contributed by atoms with Gasteiger partial charge < -0.3 is 10.1 Å². The predicted octanol–water partition coefficient (Wildman–Crippen LogP) is 3.12. The van der Waals surface area contributed by atoms with Gasteiger partial charge in [-0.2, -0.15) is 0 Å². The maximum atomic E-state index is 13.1. The summed E-state index contributed by atoms with van der Waals surface area (Å²) >= 11 is 0. The van der Waals surface area contributed by atoms with Gasteiger partial charge in [0.05, 0.1) is 18.3 Å². The molecule has 0 bridgehead atoms. The Morgan fingerprint density at radius 1 is 1.22 bits per heavy atom. The fourth-order valence-corrected chi connectivity index (χ4v) is 2.56. The number of rotatable bonds is 6. The Balaban J connectivity index is 0.00000182. The van der Waals surface area contributed by atoms with Crippen LogP contribution in [0.5, 0.6) is 5.75 Å². The predicted molar refractivity (Wildman–Crippen MR) is 103 cm³/mol. The molecule has 9 heteroatoms. The first kappa shape index (κ1) is 23.1. The number of amides is 1. The highest BCUT2D eigenvalue weighted by Crippen LogP contribution is 2.25. The lowest BCUT2D eigenvalue weighted by atomic mass is 10.1. The van der Waals surface area contributed by atoms with Crippen LogP contribution in [0, 0.1) is 0 Å². The van der Waals surface area contributed by atoms with Gasteiger partial charge in [0, 0.05) is 19.2 Å². The zero-order valence-electron chi connectivity index (χ0n) is 14.4. The van der Waals surface area contributed by atoms with E-state index in [0.717, 1.165) is 11.3 Å². The number of hydrogen-bond acceptors (Lipinski definition) is 4. The molecule has 1 aliphatic rings. The highest BCUT2D eigenvalue weighted by Gasteiger charge is 2.42. The molecule has 2 aromatic rings. The maximum Gasteiger partial charge on any atom is 0.262 e. The van der Waals surface area contributed by atoms with E-state index in [0.29, 0.717) is 12.4 Å². The van der Waals surface area contributed by atoms with Gasteiger partial charge in [0.15, 0.2) is 0 Å². The molecule has 2 N–H and O–H groups in total. The molecule has 1 unspecified atom stereocenters. The summed E-state index contributed by atoms with van der Waals surface area (Å²) in [5, 5.41) is 5.21. The molecule has 1 amide bonds. The smallest absolute Gasteiger partial charge is 0.262 e. The Hall–Kier alpha value is -1.96. The van der Waals surface area contributed by atoms with Crippen LogP contribution in [0.25, 0.3) is 0 Å². The van der Waals surface area contributed by atoms with Crippen molar-refractivity contribution < 1.29 is 18.3 Å². The zero-order valence-corrected chi connectivity index (χ0v) is 16.0. The summed E-state index contributed by atoms with van der Waals surface area (Å²) in [6, 6.07) is 12.0. The number of nitrogens with one attached hydrogen (secondary N) is 2. The van der Waals surface area contributed by atoms with Crippen LogP contribution in [0.3, 0.4) is 0 Å². The third-order valence-corrected chi connectivity index (χ3v) is 3.93. The molecule has 27 heavy (non-hydrogen) atoms. The number of pyridine rings is 1. The average molecular weight is 420 g/mol. The standard InChI is InChI=1S/C18H19F2N3O2.2ClH/c19-18(20)9-16(23-12-18)17(24)22-10-13-4-6-15(7-5-13)25-11-14-3-1-2-8-21-14;;/h1-8,16,23H,9-12H2,(H,22,24);2*1H. The number of benzene rings is 1. The topological polar surface area (TPSA) is 63.2 Å². The monoisotopic (exact) mass is 419 g/mol. The first-order valence-corrected chi connectivity index (χ1v) is 8.02. The fourth-order valence-electron chi connectivity index (χ4n) is 2.56. The summed E-state index contributed by atoms with van der Waals surface area (Å²) in [5.41, 5.74) is 1.70. The van der Waals surface area contributed by atoms with Gasteiger partial charge in [-0.3, -0.25) is 15.1 Å². The summed E-state index contributed by atoms with van der Waals surface area (Å²) in [6.07, 6.45) is 1.25. The van der Waals surface area contributed by atoms with Gasteiger partial charge in [-0.05, 0) is 29.8 Å². The summed E-state index contributed by atoms with van der Waals surface area (Å²) in [4.78, 5) is 16.1. The summed E-state index contributed by atoms with van der Waals surface area (Å²) in [5.74, 6) is -2.53. The van der Waals surface area contributed by atoms with Gasteiger partial charge in [-0.1, -0.05) is 18.2 Å². The maximum absolute atomic E-state index is 13.1. The van der Waals surface area contributed by atoms with E-state index in [1.165, 1.54) is 0 Å². The number of ether oxygens (including phenoxy) is 1. The van der Waals surface area contributed by atoms with Gasteiger partial charge in [-0.15, -0.1) is 24.8 Å². The first-order valence-electron chi connectivity index (χ1n) is 8.02. The Kier molecular flexibility index (Phi) is 8.88. The Bertz CT molecular complexity index is 718. The lowest BCUT2D eigenvalue weighted by Gasteiger charge is -2.12. The summed E-state index contributed by atoms with van der Waals surface area (Å²) in [6.45, 7) is 0.203. The van der Waals surface area contributed by atoms with Gasteiger partial charge >= 0.3 is 0 Å². The number of halogens is 4. The van der Waals surface area contributed by atoms with Gasteiger partial charge in [0.1, 0.15) is 12.4 Å². The van der Waals surface area contributed by atoms with Crippen molar-refractivity contribution in [2.75, 3.05) is 6.54 Å². The fraction of sp³-hybridized carbons (Fsp3) is 0.333. The van der Waals surface area contributed by atoms with Crippen molar-refractivity contribution >= 4 is 30.7 Å². The quantitative estimate of drug-likeness (QED) is 0.754. The molecule has 1 fully saturated rings. The molecule has 1 aliphatic heterocycles. The van der Waals surface area contributed by atoms with E-state index >= 15 is 0 Å². The lowest BCUT2D eigenvalue weighted by Crippen LogP contribution is -2.39. The number of hydrogen-bond donors (Lipinski definition) is 2. The molecule has 0 aliphatic carbocycles. The van der Waals surface area contributed by atoms with E-state index in [4.69, 9.17) is 4.74 Å². The molecule has 1 saturated heterocycles. The lowest BCUT2D eigenvalue weighted by molar-refractivity contribution is -0.123. The zero-order chi connectivity index (χ0) is 17.7. The Morgan fingerprint density at radius 2 is 1.96 bits per heavy atom. The molecule has 0 spiro atoms. The second kappa shape index (κ2) is 10.4. The number of aromatic nitrogens is 1. The molecule has 2 heterocycles. The minimum absolute atomic E-state index is 0. The third kappa shape index (κ3) is 6.93. The van der Waals surface area contributed by atoms with E-state index < -0.39 is 30.8 Å². The second-order valence-corrected chi connectivity index (χ2v) is 5.97. The van der Waals surface area contributed by atoms with Crippen molar-refractivity contribution in [3.8, 4) is 5.75 Å². The number of carbonyl (C=O) groups excluding carboxylic acids is 1. The van der Waals surface area contributed by atoms with Crippen molar-refractivity contribution in [2.24, 2.45) is 0 Å². The molecular formula is C18H21Cl2F2N3O2. The normalized spacial score (nSPS) is 17.3. The summed E-state index contributed by atoms with van der Waals surface area (Å²) < 4.78 is 31.8. The molecule has 0 radical (unpaired) electrons. The van der Waals surface area contributed by atoms with Crippen molar-refractivity contribution in [3.63, 3.8) is 0 Å². The van der Waals surface area contributed by atoms with Crippen LogP contribution in [0.1, 0.15) is 17.7 Å². The van der Waals surface area contributed by atoms with Crippen LogP contribution in [0.4, 0.5) is 8.78 Å². The number of alkyl halides is 2. The third-order valence-electron chi connectivity index (χ3n) is 3.93. The first-order chi connectivity index (χ1) is 12.0. The van der Waals surface area contributed by atoms with E-state index in [9.17, 15) is 13.6 Å². The van der Waals surface area contributed by atoms with Crippen LogP contribution in [-0.4, -0.2) is 29.4 Å². The average Bonchev–Trinajstić information content (AvgIpc) is 3.00. The van der Waals surface area contributed by atoms with E-state index in [1.807, 2.05) is 30.3 Å². The van der Waals surface area contributed by atoms with Crippen molar-refractivity contribution in [1.29, 1.82) is 0 Å². The van der Waals surface area contributed by atoms with Crippen LogP contribution in [0.15, 0.2) is 48.7 Å². The molecule has 1 atom stereocenters. The van der Waals surface area contributed by atoms with Crippen molar-refractivity contribution in [1.82, 2.24) is 15.6 Å². The minimum Gasteiger partial charge on any atom is -0.487 e. The van der Waals surface area contributed by atoms with Gasteiger partial charge in [0.25, 0.3) is 5.92 Å². The van der Waals surface area contributed by atoms with E-state index in [2.05, 4.69) is 15.6 Å². The highest BCUT2D eigenvalue weighted by molar-refractivity contribution is 5.85. The van der Waals surface area contributed by atoms with Crippen molar-refractivity contribution in [3.05, 3.63) is 59.9 Å². The second-order valence-electron chi connectivity index (χ2n) is 5.97. The Labute approximate surface area is 168 Å². The molecule has 1 aromatic carbocycles. The van der Waals surface area contributed by atoms with Gasteiger partial charge in [0.2, 0.25) is 5.91 Å². The number of carbonyl (C=O) groups is 1. The summed E-state index contributed by atoms with van der Waals surface area (Å²) in [7, 11) is 0. The molecule has 1 aromatic heterocycles. The molecule has 0 saturated carbocycles. The molecular weight excluding hydrogens is 399 g/mol. The van der Waals surface area contributed by atoms with Gasteiger partial charge in [-0.25, -0.2) is 8.78 Å². The van der Waals surface area contributed by atoms with E-state index in [1.54, 1.807) is 18.3 Å². The number of nitrogens with zero attached hydrogens (tertiary/aromatic N) is 1. The van der Waals surface area contributed by atoms with Crippen molar-refractivity contribution in [2.45, 2.75) is 31.5 Å². The highest BCUT2D eigenvalue weighted by atomic mass is 35.5.